The third-order valence-electron chi connectivity index (χ3n) is 3.30. The normalized spacial score (nSPS) is 13.9. The second-order valence-corrected chi connectivity index (χ2v) is 6.86. The highest BCUT2D eigenvalue weighted by Gasteiger charge is 2.12. The van der Waals surface area contributed by atoms with Crippen LogP contribution in [0, 0.1) is 5.92 Å². The van der Waals surface area contributed by atoms with Gasteiger partial charge in [0.15, 0.2) is 0 Å². The lowest BCUT2D eigenvalue weighted by molar-refractivity contribution is 0.441. The van der Waals surface area contributed by atoms with Crippen molar-refractivity contribution in [2.45, 2.75) is 66.0 Å². The first kappa shape index (κ1) is 15.2. The van der Waals surface area contributed by atoms with Crippen LogP contribution in [0.4, 0.5) is 0 Å². The first-order chi connectivity index (χ1) is 8.29. The van der Waals surface area contributed by atoms with Crippen LogP contribution in [0.2, 0.25) is 0 Å². The SMILES string of the molecule is CC(C)CC(C)NCc1ccc(C(C)(C)C)cc1. The van der Waals surface area contributed by atoms with Gasteiger partial charge in [0.25, 0.3) is 0 Å². The minimum atomic E-state index is 0.247. The van der Waals surface area contributed by atoms with E-state index < -0.39 is 0 Å². The monoisotopic (exact) mass is 247 g/mol. The Hall–Kier alpha value is -0.820. The molecular weight excluding hydrogens is 218 g/mol. The Morgan fingerprint density at radius 2 is 1.56 bits per heavy atom. The zero-order valence-corrected chi connectivity index (χ0v) is 12.9. The van der Waals surface area contributed by atoms with Crippen LogP contribution in [-0.2, 0) is 12.0 Å². The predicted octanol–water partition coefficient (Wildman–Crippen LogP) is 4.51. The molecule has 1 aromatic carbocycles. The van der Waals surface area contributed by atoms with Gasteiger partial charge in [-0.25, -0.2) is 0 Å². The maximum absolute atomic E-state index is 3.59. The fraction of sp³-hybridized carbons (Fsp3) is 0.647. The van der Waals surface area contributed by atoms with E-state index in [1.165, 1.54) is 17.5 Å². The molecule has 0 bridgehead atoms. The number of rotatable bonds is 5. The summed E-state index contributed by atoms with van der Waals surface area (Å²) in [5.41, 5.74) is 3.02. The zero-order valence-electron chi connectivity index (χ0n) is 12.9. The minimum absolute atomic E-state index is 0.247. The summed E-state index contributed by atoms with van der Waals surface area (Å²) in [7, 11) is 0. The highest BCUT2D eigenvalue weighted by molar-refractivity contribution is 5.27. The van der Waals surface area contributed by atoms with E-state index in [-0.39, 0.29) is 5.41 Å². The topological polar surface area (TPSA) is 12.0 Å². The Kier molecular flexibility index (Phi) is 5.40. The van der Waals surface area contributed by atoms with Crippen LogP contribution in [0.3, 0.4) is 0 Å². The second-order valence-electron chi connectivity index (χ2n) is 6.86. The quantitative estimate of drug-likeness (QED) is 0.807. The van der Waals surface area contributed by atoms with Gasteiger partial charge >= 0.3 is 0 Å². The molecule has 1 atom stereocenters. The first-order valence-corrected chi connectivity index (χ1v) is 7.12. The molecule has 0 aliphatic rings. The molecule has 0 aromatic heterocycles. The van der Waals surface area contributed by atoms with E-state index in [2.05, 4.69) is 71.1 Å². The zero-order chi connectivity index (χ0) is 13.8. The van der Waals surface area contributed by atoms with Gasteiger partial charge in [0.1, 0.15) is 0 Å². The maximum atomic E-state index is 3.59. The standard InChI is InChI=1S/C17H29N/c1-13(2)11-14(3)18-12-15-7-9-16(10-8-15)17(4,5)6/h7-10,13-14,18H,11-12H2,1-6H3. The molecule has 0 saturated heterocycles. The van der Waals surface area contributed by atoms with Crippen LogP contribution in [-0.4, -0.2) is 6.04 Å². The fourth-order valence-electron chi connectivity index (χ4n) is 2.21. The molecule has 0 radical (unpaired) electrons. The van der Waals surface area contributed by atoms with E-state index in [9.17, 15) is 0 Å². The van der Waals surface area contributed by atoms with E-state index in [1.807, 2.05) is 0 Å². The third-order valence-corrected chi connectivity index (χ3v) is 3.30. The van der Waals surface area contributed by atoms with Crippen molar-refractivity contribution in [3.63, 3.8) is 0 Å². The molecular formula is C17H29N. The smallest absolute Gasteiger partial charge is 0.0207 e. The van der Waals surface area contributed by atoms with Crippen molar-refractivity contribution in [2.24, 2.45) is 5.92 Å². The van der Waals surface area contributed by atoms with Crippen molar-refractivity contribution in [1.82, 2.24) is 5.32 Å². The highest BCUT2D eigenvalue weighted by atomic mass is 14.9. The molecule has 0 heterocycles. The summed E-state index contributed by atoms with van der Waals surface area (Å²) in [5, 5.41) is 3.59. The summed E-state index contributed by atoms with van der Waals surface area (Å²) in [6.45, 7) is 14.6. The largest absolute Gasteiger partial charge is 0.310 e. The lowest BCUT2D eigenvalue weighted by Crippen LogP contribution is -2.26. The molecule has 1 rings (SSSR count). The molecule has 1 heteroatoms. The Morgan fingerprint density at radius 3 is 2.00 bits per heavy atom. The molecule has 1 nitrogen and oxygen atoms in total. The van der Waals surface area contributed by atoms with Gasteiger partial charge in [-0.3, -0.25) is 0 Å². The van der Waals surface area contributed by atoms with E-state index in [1.54, 1.807) is 0 Å². The van der Waals surface area contributed by atoms with Gasteiger partial charge in [0, 0.05) is 12.6 Å². The lowest BCUT2D eigenvalue weighted by atomic mass is 9.87. The molecule has 1 N–H and O–H groups in total. The Balaban J connectivity index is 2.49. The second kappa shape index (κ2) is 6.38. The Bertz CT molecular complexity index is 343. The summed E-state index contributed by atoms with van der Waals surface area (Å²) in [4.78, 5) is 0. The van der Waals surface area contributed by atoms with Crippen LogP contribution >= 0.6 is 0 Å². The summed E-state index contributed by atoms with van der Waals surface area (Å²) < 4.78 is 0. The third kappa shape index (κ3) is 5.22. The molecule has 1 unspecified atom stereocenters. The van der Waals surface area contributed by atoms with Crippen LogP contribution in [0.5, 0.6) is 0 Å². The van der Waals surface area contributed by atoms with E-state index in [0.29, 0.717) is 6.04 Å². The van der Waals surface area contributed by atoms with E-state index in [4.69, 9.17) is 0 Å². The average Bonchev–Trinajstić information content (AvgIpc) is 2.25. The van der Waals surface area contributed by atoms with E-state index >= 15 is 0 Å². The van der Waals surface area contributed by atoms with Gasteiger partial charge in [0.05, 0.1) is 0 Å². The van der Waals surface area contributed by atoms with Gasteiger partial charge in [0.2, 0.25) is 0 Å². The first-order valence-electron chi connectivity index (χ1n) is 7.12. The number of nitrogens with one attached hydrogen (secondary N) is 1. The lowest BCUT2D eigenvalue weighted by Gasteiger charge is -2.20. The fourth-order valence-corrected chi connectivity index (χ4v) is 2.21. The van der Waals surface area contributed by atoms with Crippen molar-refractivity contribution in [3.8, 4) is 0 Å². The molecule has 0 aliphatic heterocycles. The molecule has 18 heavy (non-hydrogen) atoms. The van der Waals surface area contributed by atoms with Gasteiger partial charge < -0.3 is 5.32 Å². The van der Waals surface area contributed by atoms with E-state index in [0.717, 1.165) is 12.5 Å². The number of benzene rings is 1. The van der Waals surface area contributed by atoms with Crippen molar-refractivity contribution in [2.75, 3.05) is 0 Å². The summed E-state index contributed by atoms with van der Waals surface area (Å²) in [6.07, 6.45) is 1.24. The summed E-state index contributed by atoms with van der Waals surface area (Å²) >= 11 is 0. The summed E-state index contributed by atoms with van der Waals surface area (Å²) in [5.74, 6) is 0.760. The van der Waals surface area contributed by atoms with Crippen LogP contribution < -0.4 is 5.32 Å². The number of hydrogen-bond donors (Lipinski definition) is 1. The van der Waals surface area contributed by atoms with Gasteiger partial charge in [-0.05, 0) is 35.8 Å². The van der Waals surface area contributed by atoms with Crippen molar-refractivity contribution in [1.29, 1.82) is 0 Å². The van der Waals surface area contributed by atoms with Gasteiger partial charge in [-0.1, -0.05) is 58.9 Å². The van der Waals surface area contributed by atoms with Gasteiger partial charge in [-0.15, -0.1) is 0 Å². The van der Waals surface area contributed by atoms with Crippen molar-refractivity contribution < 1.29 is 0 Å². The molecule has 0 fully saturated rings. The highest BCUT2D eigenvalue weighted by Crippen LogP contribution is 2.22. The molecule has 0 spiro atoms. The maximum Gasteiger partial charge on any atom is 0.0207 e. The molecule has 0 amide bonds. The number of hydrogen-bond acceptors (Lipinski definition) is 1. The minimum Gasteiger partial charge on any atom is -0.310 e. The van der Waals surface area contributed by atoms with Gasteiger partial charge in [-0.2, -0.15) is 0 Å². The van der Waals surface area contributed by atoms with Crippen LogP contribution in [0.15, 0.2) is 24.3 Å². The van der Waals surface area contributed by atoms with Crippen LogP contribution in [0.1, 0.15) is 59.1 Å². The molecule has 0 aliphatic carbocycles. The van der Waals surface area contributed by atoms with Crippen molar-refractivity contribution in [3.05, 3.63) is 35.4 Å². The Labute approximate surface area is 113 Å². The predicted molar refractivity (Wildman–Crippen MR) is 80.9 cm³/mol. The van der Waals surface area contributed by atoms with Crippen molar-refractivity contribution >= 4 is 0 Å². The summed E-state index contributed by atoms with van der Waals surface area (Å²) in [6, 6.07) is 9.59. The molecule has 1 aromatic rings. The molecule has 0 saturated carbocycles. The molecule has 102 valence electrons. The Morgan fingerprint density at radius 1 is 1.00 bits per heavy atom. The van der Waals surface area contributed by atoms with Crippen LogP contribution in [0.25, 0.3) is 0 Å². The average molecular weight is 247 g/mol.